The second kappa shape index (κ2) is 8.66. The third kappa shape index (κ3) is 4.59. The second-order valence-corrected chi connectivity index (χ2v) is 7.72. The minimum absolute atomic E-state index is 0.0308. The van der Waals surface area contributed by atoms with Crippen molar-refractivity contribution in [3.8, 4) is 0 Å². The molecule has 152 valence electrons. The highest BCUT2D eigenvalue weighted by Crippen LogP contribution is 2.29. The lowest BCUT2D eigenvalue weighted by atomic mass is 10.1. The van der Waals surface area contributed by atoms with Gasteiger partial charge in [0.1, 0.15) is 0 Å². The monoisotopic (exact) mass is 413 g/mol. The Balaban J connectivity index is 1.77. The molecule has 1 N–H and O–H groups in total. The van der Waals surface area contributed by atoms with Crippen LogP contribution in [-0.4, -0.2) is 42.8 Å². The van der Waals surface area contributed by atoms with Crippen molar-refractivity contribution in [1.82, 2.24) is 4.90 Å². The number of carbonyl (C=O) groups excluding carboxylic acids is 3. The van der Waals surface area contributed by atoms with E-state index in [1.807, 2.05) is 32.0 Å². The zero-order valence-corrected chi connectivity index (χ0v) is 17.5. The maximum Gasteiger partial charge on any atom is 0.256 e. The molecule has 0 bridgehead atoms. The van der Waals surface area contributed by atoms with Crippen LogP contribution in [-0.2, 0) is 9.59 Å². The normalized spacial score (nSPS) is 13.5. The van der Waals surface area contributed by atoms with Gasteiger partial charge in [0.15, 0.2) is 0 Å². The predicted octanol–water partition coefficient (Wildman–Crippen LogP) is 3.79. The lowest BCUT2D eigenvalue weighted by Gasteiger charge is -2.23. The number of para-hydroxylation sites is 1. The Morgan fingerprint density at radius 1 is 1.17 bits per heavy atom. The van der Waals surface area contributed by atoms with Gasteiger partial charge in [-0.25, -0.2) is 0 Å². The molecule has 0 atom stereocenters. The summed E-state index contributed by atoms with van der Waals surface area (Å²) >= 11 is 6.10. The zero-order chi connectivity index (χ0) is 21.1. The van der Waals surface area contributed by atoms with Gasteiger partial charge in [0.05, 0.1) is 17.8 Å². The molecule has 0 radical (unpaired) electrons. The van der Waals surface area contributed by atoms with Crippen LogP contribution < -0.4 is 10.2 Å². The smallest absolute Gasteiger partial charge is 0.256 e. The van der Waals surface area contributed by atoms with Crippen molar-refractivity contribution in [2.24, 2.45) is 0 Å². The third-order valence-corrected chi connectivity index (χ3v) is 5.26. The van der Waals surface area contributed by atoms with Crippen molar-refractivity contribution in [1.29, 1.82) is 0 Å². The van der Waals surface area contributed by atoms with E-state index in [-0.39, 0.29) is 24.3 Å². The maximum atomic E-state index is 13.0. The Morgan fingerprint density at radius 3 is 2.48 bits per heavy atom. The van der Waals surface area contributed by atoms with Crippen LogP contribution in [0.2, 0.25) is 5.02 Å². The first-order valence-electron chi connectivity index (χ1n) is 9.49. The summed E-state index contributed by atoms with van der Waals surface area (Å²) in [4.78, 5) is 40.6. The fourth-order valence-electron chi connectivity index (χ4n) is 3.50. The Hall–Kier alpha value is -2.86. The number of nitrogens with one attached hydrogen (secondary N) is 1. The Morgan fingerprint density at radius 2 is 1.86 bits per heavy atom. The van der Waals surface area contributed by atoms with Crippen LogP contribution in [0.3, 0.4) is 0 Å². The molecule has 0 saturated carbocycles. The molecule has 29 heavy (non-hydrogen) atoms. The first-order valence-corrected chi connectivity index (χ1v) is 9.87. The number of anilines is 2. The largest absolute Gasteiger partial charge is 0.332 e. The molecule has 1 aliphatic heterocycles. The minimum atomic E-state index is -0.340. The van der Waals surface area contributed by atoms with Crippen LogP contribution in [0.25, 0.3) is 0 Å². The summed E-state index contributed by atoms with van der Waals surface area (Å²) in [5.41, 5.74) is 3.52. The van der Waals surface area contributed by atoms with E-state index in [9.17, 15) is 14.4 Å². The van der Waals surface area contributed by atoms with Crippen molar-refractivity contribution < 1.29 is 14.4 Å². The molecule has 1 aliphatic rings. The molecule has 0 spiro atoms. The lowest BCUT2D eigenvalue weighted by Crippen LogP contribution is -2.36. The number of hydrogen-bond donors (Lipinski definition) is 1. The highest BCUT2D eigenvalue weighted by atomic mass is 35.5. The van der Waals surface area contributed by atoms with Gasteiger partial charge < -0.3 is 15.1 Å². The SMILES string of the molecule is Cc1cccc(C)c1NC(=O)CN(C)C(=O)c1ccc(Cl)cc1N1CCCC1=O. The molecule has 2 aromatic rings. The van der Waals surface area contributed by atoms with Crippen LogP contribution >= 0.6 is 11.6 Å². The molecular weight excluding hydrogens is 390 g/mol. The van der Waals surface area contributed by atoms with Gasteiger partial charge in [-0.1, -0.05) is 29.8 Å². The molecule has 0 aromatic heterocycles. The van der Waals surface area contributed by atoms with Crippen molar-refractivity contribution in [2.45, 2.75) is 26.7 Å². The van der Waals surface area contributed by atoms with E-state index < -0.39 is 0 Å². The van der Waals surface area contributed by atoms with Gasteiger partial charge in [-0.3, -0.25) is 14.4 Å². The van der Waals surface area contributed by atoms with Gasteiger partial charge in [-0.15, -0.1) is 0 Å². The van der Waals surface area contributed by atoms with E-state index in [0.717, 1.165) is 23.2 Å². The first-order chi connectivity index (χ1) is 13.8. The van der Waals surface area contributed by atoms with Gasteiger partial charge in [-0.2, -0.15) is 0 Å². The number of likely N-dealkylation sites (N-methyl/N-ethyl adjacent to an activating group) is 1. The number of rotatable bonds is 5. The highest BCUT2D eigenvalue weighted by molar-refractivity contribution is 6.31. The average molecular weight is 414 g/mol. The summed E-state index contributed by atoms with van der Waals surface area (Å²) < 4.78 is 0. The van der Waals surface area contributed by atoms with E-state index in [1.54, 1.807) is 30.1 Å². The third-order valence-electron chi connectivity index (χ3n) is 5.03. The summed E-state index contributed by atoms with van der Waals surface area (Å²) in [6.07, 6.45) is 1.20. The van der Waals surface area contributed by atoms with Crippen molar-refractivity contribution in [2.75, 3.05) is 30.4 Å². The number of halogens is 1. The Kier molecular flexibility index (Phi) is 6.23. The minimum Gasteiger partial charge on any atom is -0.332 e. The van der Waals surface area contributed by atoms with Crippen molar-refractivity contribution in [3.05, 3.63) is 58.1 Å². The quantitative estimate of drug-likeness (QED) is 0.810. The number of aryl methyl sites for hydroxylation is 2. The van der Waals surface area contributed by atoms with Crippen LogP contribution in [0, 0.1) is 13.8 Å². The molecule has 7 heteroatoms. The fraction of sp³-hybridized carbons (Fsp3) is 0.318. The number of amides is 3. The molecule has 1 heterocycles. The second-order valence-electron chi connectivity index (χ2n) is 7.29. The van der Waals surface area contributed by atoms with E-state index in [4.69, 9.17) is 11.6 Å². The molecule has 6 nitrogen and oxygen atoms in total. The molecule has 1 fully saturated rings. The first kappa shape index (κ1) is 20.9. The van der Waals surface area contributed by atoms with Gasteiger partial charge in [-0.05, 0) is 49.6 Å². The van der Waals surface area contributed by atoms with Crippen LogP contribution in [0.4, 0.5) is 11.4 Å². The van der Waals surface area contributed by atoms with Gasteiger partial charge in [0, 0.05) is 30.7 Å². The standard InChI is InChI=1S/C22H24ClN3O3/c1-14-6-4-7-15(2)21(14)24-19(27)13-25(3)22(29)17-10-9-16(23)12-18(17)26-11-5-8-20(26)28/h4,6-7,9-10,12H,5,8,11,13H2,1-3H3,(H,24,27). The number of hydrogen-bond acceptors (Lipinski definition) is 3. The molecule has 1 saturated heterocycles. The summed E-state index contributed by atoms with van der Waals surface area (Å²) in [6.45, 7) is 4.29. The van der Waals surface area contributed by atoms with Crippen LogP contribution in [0.1, 0.15) is 34.3 Å². The van der Waals surface area contributed by atoms with E-state index >= 15 is 0 Å². The van der Waals surface area contributed by atoms with Crippen molar-refractivity contribution >= 4 is 40.7 Å². The summed E-state index contributed by atoms with van der Waals surface area (Å²) in [5.74, 6) is -0.657. The van der Waals surface area contributed by atoms with E-state index in [0.29, 0.717) is 29.2 Å². The van der Waals surface area contributed by atoms with Crippen LogP contribution in [0.15, 0.2) is 36.4 Å². The number of benzene rings is 2. The lowest BCUT2D eigenvalue weighted by molar-refractivity contribution is -0.117. The van der Waals surface area contributed by atoms with E-state index in [1.165, 1.54) is 4.90 Å². The maximum absolute atomic E-state index is 13.0. The average Bonchev–Trinajstić information content (AvgIpc) is 3.10. The van der Waals surface area contributed by atoms with Gasteiger partial charge in [0.2, 0.25) is 11.8 Å². The van der Waals surface area contributed by atoms with Crippen molar-refractivity contribution in [3.63, 3.8) is 0 Å². The summed E-state index contributed by atoms with van der Waals surface area (Å²) in [6, 6.07) is 10.6. The van der Waals surface area contributed by atoms with Gasteiger partial charge in [0.25, 0.3) is 5.91 Å². The van der Waals surface area contributed by atoms with E-state index in [2.05, 4.69) is 5.32 Å². The molecule has 0 unspecified atom stereocenters. The zero-order valence-electron chi connectivity index (χ0n) is 16.8. The Bertz CT molecular complexity index is 954. The predicted molar refractivity (Wildman–Crippen MR) is 115 cm³/mol. The number of nitrogens with zero attached hydrogens (tertiary/aromatic N) is 2. The highest BCUT2D eigenvalue weighted by Gasteiger charge is 2.27. The van der Waals surface area contributed by atoms with Crippen LogP contribution in [0.5, 0.6) is 0 Å². The summed E-state index contributed by atoms with van der Waals surface area (Å²) in [5, 5.41) is 3.33. The summed E-state index contributed by atoms with van der Waals surface area (Å²) in [7, 11) is 1.57. The molecule has 2 aromatic carbocycles. The Labute approximate surface area is 175 Å². The number of carbonyl (C=O) groups is 3. The molecule has 3 rings (SSSR count). The molecule has 0 aliphatic carbocycles. The molecular formula is C22H24ClN3O3. The molecule has 3 amide bonds. The van der Waals surface area contributed by atoms with Gasteiger partial charge >= 0.3 is 0 Å². The fourth-order valence-corrected chi connectivity index (χ4v) is 3.66. The topological polar surface area (TPSA) is 69.7 Å².